The smallest absolute Gasteiger partial charge is 0.0643 e. The van der Waals surface area contributed by atoms with Crippen molar-refractivity contribution in [3.05, 3.63) is 24.3 Å². The van der Waals surface area contributed by atoms with Crippen molar-refractivity contribution < 1.29 is 56.7 Å². The Morgan fingerprint density at radius 3 is 0.706 bits per heavy atom. The first-order chi connectivity index (χ1) is 7.25. The van der Waals surface area contributed by atoms with Crippen molar-refractivity contribution in [1.82, 2.24) is 0 Å². The Bertz CT molecular complexity index is 277. The predicted molar refractivity (Wildman–Crippen MR) is 38.3 cm³/mol. The molecule has 1 radical (unpaired) electrons. The molecular formula is C8H4CuO8-4. The molecule has 0 rings (SSSR count). The molecule has 0 spiro atoms. The maximum absolute atomic E-state index is 9.41. The van der Waals surface area contributed by atoms with Gasteiger partial charge in [0.1, 0.15) is 0 Å². The van der Waals surface area contributed by atoms with E-state index in [1.54, 1.807) is 0 Å². The Balaban J connectivity index is -0.000000218. The van der Waals surface area contributed by atoms with Gasteiger partial charge in [0.15, 0.2) is 0 Å². The van der Waals surface area contributed by atoms with Gasteiger partial charge >= 0.3 is 0 Å². The van der Waals surface area contributed by atoms with Crippen molar-refractivity contribution in [3.8, 4) is 0 Å². The molecule has 0 aliphatic carbocycles. The quantitative estimate of drug-likeness (QED) is 0.365. The summed E-state index contributed by atoms with van der Waals surface area (Å²) in [6.07, 6.45) is 1.54. The van der Waals surface area contributed by atoms with Crippen LogP contribution in [0.3, 0.4) is 0 Å². The first kappa shape index (κ1) is 20.3. The van der Waals surface area contributed by atoms with E-state index in [-0.39, 0.29) is 17.1 Å². The number of carboxylic acid groups (broad SMARTS) is 4. The number of hydrogen-bond donors (Lipinski definition) is 0. The Hall–Kier alpha value is -2.12. The Labute approximate surface area is 105 Å². The molecule has 0 aromatic rings. The van der Waals surface area contributed by atoms with Gasteiger partial charge < -0.3 is 39.6 Å². The fraction of sp³-hybridized carbons (Fsp3) is 0. The third kappa shape index (κ3) is 31.5. The number of carbonyl (C=O) groups is 4. The predicted octanol–water partition coefficient (Wildman–Crippen LogP) is -5.92. The van der Waals surface area contributed by atoms with Crippen LogP contribution in [0.2, 0.25) is 0 Å². The van der Waals surface area contributed by atoms with Crippen LogP contribution in [0.4, 0.5) is 0 Å². The van der Waals surface area contributed by atoms with Gasteiger partial charge in [0.2, 0.25) is 0 Å². The van der Waals surface area contributed by atoms with Crippen molar-refractivity contribution in [1.29, 1.82) is 0 Å². The number of aliphatic carboxylic acids is 4. The maximum atomic E-state index is 9.41. The minimum Gasteiger partial charge on any atom is -0.545 e. The number of carbonyl (C=O) groups excluding carboxylic acids is 4. The summed E-state index contributed by atoms with van der Waals surface area (Å²) in [5, 5.41) is 37.7. The summed E-state index contributed by atoms with van der Waals surface area (Å²) in [7, 11) is 0. The zero-order valence-corrected chi connectivity index (χ0v) is 8.82. The van der Waals surface area contributed by atoms with Gasteiger partial charge in [-0.15, -0.1) is 0 Å². The summed E-state index contributed by atoms with van der Waals surface area (Å²) in [5.74, 6) is -6.19. The molecule has 17 heavy (non-hydrogen) atoms. The molecule has 0 saturated carbocycles. The van der Waals surface area contributed by atoms with Crippen LogP contribution in [0.15, 0.2) is 24.3 Å². The van der Waals surface area contributed by atoms with E-state index in [2.05, 4.69) is 0 Å². The first-order valence-corrected chi connectivity index (χ1v) is 3.45. The first-order valence-electron chi connectivity index (χ1n) is 3.45. The van der Waals surface area contributed by atoms with E-state index in [0.29, 0.717) is 24.3 Å². The number of rotatable bonds is 4. The van der Waals surface area contributed by atoms with Crippen LogP contribution in [0.5, 0.6) is 0 Å². The van der Waals surface area contributed by atoms with Crippen LogP contribution in [0.1, 0.15) is 0 Å². The van der Waals surface area contributed by atoms with Crippen molar-refractivity contribution in [3.63, 3.8) is 0 Å². The third-order valence-corrected chi connectivity index (χ3v) is 0.711. The van der Waals surface area contributed by atoms with E-state index >= 15 is 0 Å². The molecule has 0 fully saturated rings. The molecule has 0 aromatic carbocycles. The van der Waals surface area contributed by atoms with Gasteiger partial charge in [0.25, 0.3) is 0 Å². The molecular weight excluding hydrogens is 288 g/mol. The van der Waals surface area contributed by atoms with Gasteiger partial charge in [-0.25, -0.2) is 0 Å². The summed E-state index contributed by atoms with van der Waals surface area (Å²) >= 11 is 0. The van der Waals surface area contributed by atoms with E-state index in [9.17, 15) is 39.6 Å². The molecule has 0 aliphatic heterocycles. The van der Waals surface area contributed by atoms with Gasteiger partial charge in [-0.2, -0.15) is 0 Å². The van der Waals surface area contributed by atoms with Crippen molar-refractivity contribution >= 4 is 23.9 Å². The molecule has 0 unspecified atom stereocenters. The monoisotopic (exact) mass is 291 g/mol. The topological polar surface area (TPSA) is 161 Å². The zero-order valence-electron chi connectivity index (χ0n) is 7.88. The second-order valence-corrected chi connectivity index (χ2v) is 1.94. The van der Waals surface area contributed by atoms with Crippen molar-refractivity contribution in [2.75, 3.05) is 0 Å². The van der Waals surface area contributed by atoms with Crippen molar-refractivity contribution in [2.24, 2.45) is 0 Å². The van der Waals surface area contributed by atoms with E-state index in [4.69, 9.17) is 0 Å². The standard InChI is InChI=1S/2C4H4O4.Cu/c2*5-3(6)1-2-4(7)8;/h2*1-2H,(H,5,6)(H,7,8);/p-4/b2*2-1-;. The van der Waals surface area contributed by atoms with Crippen LogP contribution in [-0.2, 0) is 36.2 Å². The maximum Gasteiger partial charge on any atom is 0.0643 e. The Morgan fingerprint density at radius 1 is 0.529 bits per heavy atom. The summed E-state index contributed by atoms with van der Waals surface area (Å²) in [5.41, 5.74) is 0. The minimum absolute atomic E-state index is 0. The molecule has 0 aliphatic rings. The molecule has 9 heteroatoms. The second-order valence-electron chi connectivity index (χ2n) is 1.94. The van der Waals surface area contributed by atoms with Crippen LogP contribution >= 0.6 is 0 Å². The fourth-order valence-corrected chi connectivity index (χ4v) is 0.272. The summed E-state index contributed by atoms with van der Waals surface area (Å²) in [6.45, 7) is 0. The average Bonchev–Trinajstić information content (AvgIpc) is 2.12. The van der Waals surface area contributed by atoms with Gasteiger partial charge in [-0.05, 0) is 24.3 Å². The van der Waals surface area contributed by atoms with Gasteiger partial charge in [0, 0.05) is 17.1 Å². The third-order valence-electron chi connectivity index (χ3n) is 0.711. The molecule has 8 nitrogen and oxygen atoms in total. The molecule has 0 N–H and O–H groups in total. The molecule has 0 amide bonds. The van der Waals surface area contributed by atoms with Crippen LogP contribution in [0.25, 0.3) is 0 Å². The largest absolute Gasteiger partial charge is 0.545 e. The molecule has 99 valence electrons. The minimum atomic E-state index is -1.55. The zero-order chi connectivity index (χ0) is 13.1. The van der Waals surface area contributed by atoms with E-state index in [0.717, 1.165) is 0 Å². The summed E-state index contributed by atoms with van der Waals surface area (Å²) < 4.78 is 0. The van der Waals surface area contributed by atoms with Crippen LogP contribution in [-0.4, -0.2) is 23.9 Å². The second kappa shape index (κ2) is 12.0. The summed E-state index contributed by atoms with van der Waals surface area (Å²) in [4.78, 5) is 37.7. The van der Waals surface area contributed by atoms with Crippen molar-refractivity contribution in [2.45, 2.75) is 0 Å². The van der Waals surface area contributed by atoms with E-state index < -0.39 is 23.9 Å². The Kier molecular flexibility index (Phi) is 14.3. The normalized spacial score (nSPS) is 8.94. The Morgan fingerprint density at radius 2 is 0.647 bits per heavy atom. The molecule has 0 bridgehead atoms. The SMILES string of the molecule is O=C([O-])/C=C\C(=O)[O-].O=C([O-])/C=C\C(=O)[O-].[Cu]. The fourth-order valence-electron chi connectivity index (χ4n) is 0.272. The molecule has 0 aromatic heterocycles. The van der Waals surface area contributed by atoms with E-state index in [1.165, 1.54) is 0 Å². The molecule has 0 saturated heterocycles. The van der Waals surface area contributed by atoms with Crippen LogP contribution in [0, 0.1) is 0 Å². The number of carboxylic acids is 4. The van der Waals surface area contributed by atoms with E-state index in [1.807, 2.05) is 0 Å². The number of hydrogen-bond acceptors (Lipinski definition) is 8. The van der Waals surface area contributed by atoms with Gasteiger partial charge in [-0.3, -0.25) is 0 Å². The summed E-state index contributed by atoms with van der Waals surface area (Å²) in [6, 6.07) is 0. The van der Waals surface area contributed by atoms with Gasteiger partial charge in [-0.1, -0.05) is 0 Å². The van der Waals surface area contributed by atoms with Crippen LogP contribution < -0.4 is 20.4 Å². The average molecular weight is 292 g/mol. The molecule has 0 atom stereocenters. The molecule has 0 heterocycles. The van der Waals surface area contributed by atoms with Gasteiger partial charge in [0.05, 0.1) is 23.9 Å².